The van der Waals surface area contributed by atoms with Crippen LogP contribution in [0.4, 0.5) is 0 Å². The first-order valence-corrected chi connectivity index (χ1v) is 11.1. The maximum Gasteiger partial charge on any atom is 0.0641 e. The molecule has 0 aliphatic heterocycles. The van der Waals surface area contributed by atoms with E-state index in [1.54, 1.807) is 0 Å². The Bertz CT molecular complexity index is 456. The number of benzene rings is 1. The van der Waals surface area contributed by atoms with Crippen LogP contribution in [0.1, 0.15) is 115 Å². The summed E-state index contributed by atoms with van der Waals surface area (Å²) in [6, 6.07) is 6.62. The van der Waals surface area contributed by atoms with Crippen molar-refractivity contribution in [1.29, 1.82) is 0 Å². The van der Waals surface area contributed by atoms with E-state index in [0.29, 0.717) is 0 Å². The molecule has 0 heterocycles. The molecule has 0 N–H and O–H groups in total. The Labute approximate surface area is 162 Å². The highest BCUT2D eigenvalue weighted by Gasteiger charge is 2.19. The molecule has 0 aliphatic rings. The van der Waals surface area contributed by atoms with Gasteiger partial charge in [0, 0.05) is 0 Å². The first kappa shape index (κ1) is 22.6. The van der Waals surface area contributed by atoms with Gasteiger partial charge in [-0.25, -0.2) is 0 Å². The van der Waals surface area contributed by atoms with Gasteiger partial charge >= 0.3 is 0 Å². The lowest BCUT2D eigenvalue weighted by molar-refractivity contribution is 0.544. The lowest BCUT2D eigenvalue weighted by atomic mass is 9.91. The molecule has 0 saturated heterocycles. The Morgan fingerprint density at radius 2 is 1.24 bits per heavy atom. The van der Waals surface area contributed by atoms with Crippen molar-refractivity contribution >= 4 is 11.6 Å². The predicted molar refractivity (Wildman–Crippen MR) is 115 cm³/mol. The van der Waals surface area contributed by atoms with E-state index >= 15 is 0 Å². The second kappa shape index (κ2) is 12.8. The zero-order valence-corrected chi connectivity index (χ0v) is 18.1. The summed E-state index contributed by atoms with van der Waals surface area (Å²) in [6.07, 6.45) is 18.1. The summed E-state index contributed by atoms with van der Waals surface area (Å²) >= 11 is 6.52. The summed E-state index contributed by atoms with van der Waals surface area (Å²) in [5, 5.41) is 0. The third-order valence-corrected chi connectivity index (χ3v) is 5.59. The van der Waals surface area contributed by atoms with Gasteiger partial charge < -0.3 is 0 Å². The van der Waals surface area contributed by atoms with Crippen molar-refractivity contribution in [1.82, 2.24) is 0 Å². The Balaban J connectivity index is 2.09. The third kappa shape index (κ3) is 9.69. The van der Waals surface area contributed by atoms with Crippen molar-refractivity contribution in [2.24, 2.45) is 0 Å². The van der Waals surface area contributed by atoms with E-state index in [1.165, 1.54) is 100 Å². The molecule has 0 fully saturated rings. The highest BCUT2D eigenvalue weighted by molar-refractivity contribution is 6.23. The molecule has 0 aromatic heterocycles. The minimum Gasteiger partial charge on any atom is -0.115 e. The fraction of sp³-hybridized carbons (Fsp3) is 0.750. The average molecular weight is 365 g/mol. The van der Waals surface area contributed by atoms with Crippen molar-refractivity contribution in [3.63, 3.8) is 0 Å². The van der Waals surface area contributed by atoms with Crippen LogP contribution in [0.5, 0.6) is 0 Å². The second-order valence-electron chi connectivity index (χ2n) is 8.20. The highest BCUT2D eigenvalue weighted by atomic mass is 35.5. The van der Waals surface area contributed by atoms with Gasteiger partial charge in [-0.3, -0.25) is 0 Å². The monoisotopic (exact) mass is 364 g/mol. The summed E-state index contributed by atoms with van der Waals surface area (Å²) in [6.45, 7) is 8.70. The molecule has 1 aromatic carbocycles. The Hall–Kier alpha value is -0.490. The van der Waals surface area contributed by atoms with Gasteiger partial charge in [-0.2, -0.15) is 0 Å². The van der Waals surface area contributed by atoms with Crippen molar-refractivity contribution in [3.8, 4) is 0 Å². The molecule has 144 valence electrons. The largest absolute Gasteiger partial charge is 0.115 e. The van der Waals surface area contributed by atoms with Crippen LogP contribution in [0.15, 0.2) is 18.2 Å². The number of hydrogen-bond acceptors (Lipinski definition) is 0. The molecule has 25 heavy (non-hydrogen) atoms. The standard InChI is InChI=1S/C24H41Cl/c1-5-6-7-8-9-10-11-12-13-14-15-16-18-22-19-17-20-23(21(22)2)24(3,4)25/h17,19-20H,5-16,18H2,1-4H3. The van der Waals surface area contributed by atoms with Gasteiger partial charge in [0.2, 0.25) is 0 Å². The molecule has 1 heteroatoms. The molecular weight excluding hydrogens is 324 g/mol. The van der Waals surface area contributed by atoms with Crippen LogP contribution in [0.3, 0.4) is 0 Å². The summed E-state index contributed by atoms with van der Waals surface area (Å²) < 4.78 is 0. The maximum atomic E-state index is 6.52. The number of alkyl halides is 1. The first-order valence-electron chi connectivity index (χ1n) is 10.7. The highest BCUT2D eigenvalue weighted by Crippen LogP contribution is 2.32. The van der Waals surface area contributed by atoms with E-state index in [-0.39, 0.29) is 4.87 Å². The molecule has 0 unspecified atom stereocenters. The van der Waals surface area contributed by atoms with Crippen LogP contribution in [0, 0.1) is 6.92 Å². The first-order chi connectivity index (χ1) is 12.0. The molecule has 0 spiro atoms. The molecule has 1 aromatic rings. The van der Waals surface area contributed by atoms with Gasteiger partial charge in [-0.1, -0.05) is 95.8 Å². The van der Waals surface area contributed by atoms with Crippen LogP contribution in [-0.4, -0.2) is 0 Å². The Kier molecular flexibility index (Phi) is 11.5. The molecule has 0 radical (unpaired) electrons. The molecule has 0 saturated carbocycles. The van der Waals surface area contributed by atoms with Crippen LogP contribution in [0.2, 0.25) is 0 Å². The maximum absolute atomic E-state index is 6.52. The molecular formula is C24H41Cl. The molecule has 0 atom stereocenters. The summed E-state index contributed by atoms with van der Waals surface area (Å²) in [5.41, 5.74) is 4.16. The van der Waals surface area contributed by atoms with Crippen molar-refractivity contribution in [2.45, 2.75) is 116 Å². The van der Waals surface area contributed by atoms with Gasteiger partial charge in [-0.05, 0) is 50.3 Å². The fourth-order valence-electron chi connectivity index (χ4n) is 3.75. The van der Waals surface area contributed by atoms with E-state index in [9.17, 15) is 0 Å². The van der Waals surface area contributed by atoms with Gasteiger partial charge in [0.1, 0.15) is 0 Å². The van der Waals surface area contributed by atoms with Crippen LogP contribution in [0.25, 0.3) is 0 Å². The summed E-state index contributed by atoms with van der Waals surface area (Å²) in [5.74, 6) is 0. The normalized spacial score (nSPS) is 11.9. The number of rotatable bonds is 14. The zero-order valence-electron chi connectivity index (χ0n) is 17.3. The van der Waals surface area contributed by atoms with E-state index in [0.717, 1.165) is 0 Å². The van der Waals surface area contributed by atoms with E-state index in [4.69, 9.17) is 11.6 Å². The zero-order chi connectivity index (χ0) is 18.5. The Morgan fingerprint density at radius 1 is 0.760 bits per heavy atom. The lowest BCUT2D eigenvalue weighted by Crippen LogP contribution is -2.11. The lowest BCUT2D eigenvalue weighted by Gasteiger charge is -2.21. The third-order valence-electron chi connectivity index (χ3n) is 5.39. The average Bonchev–Trinajstić information content (AvgIpc) is 2.56. The van der Waals surface area contributed by atoms with Crippen molar-refractivity contribution in [3.05, 3.63) is 34.9 Å². The van der Waals surface area contributed by atoms with E-state index < -0.39 is 0 Å². The fourth-order valence-corrected chi connectivity index (χ4v) is 3.96. The van der Waals surface area contributed by atoms with Gasteiger partial charge in [0.25, 0.3) is 0 Å². The smallest absolute Gasteiger partial charge is 0.0641 e. The van der Waals surface area contributed by atoms with Gasteiger partial charge in [-0.15, -0.1) is 11.6 Å². The molecule has 0 amide bonds. The SMILES string of the molecule is CCCCCCCCCCCCCCc1cccc(C(C)(C)Cl)c1C. The molecule has 0 aliphatic carbocycles. The van der Waals surface area contributed by atoms with Crippen LogP contribution >= 0.6 is 11.6 Å². The minimum absolute atomic E-state index is 0.267. The van der Waals surface area contributed by atoms with Crippen LogP contribution < -0.4 is 0 Å². The topological polar surface area (TPSA) is 0 Å². The van der Waals surface area contributed by atoms with Crippen molar-refractivity contribution < 1.29 is 0 Å². The summed E-state index contributed by atoms with van der Waals surface area (Å²) in [7, 11) is 0. The van der Waals surface area contributed by atoms with Crippen LogP contribution in [-0.2, 0) is 11.3 Å². The Morgan fingerprint density at radius 3 is 1.72 bits per heavy atom. The number of aryl methyl sites for hydroxylation is 1. The van der Waals surface area contributed by atoms with E-state index in [1.807, 2.05) is 0 Å². The van der Waals surface area contributed by atoms with Gasteiger partial charge in [0.15, 0.2) is 0 Å². The quantitative estimate of drug-likeness (QED) is 0.228. The summed E-state index contributed by atoms with van der Waals surface area (Å²) in [4.78, 5) is -0.267. The molecule has 1 rings (SSSR count). The number of unbranched alkanes of at least 4 members (excludes halogenated alkanes) is 11. The molecule has 0 bridgehead atoms. The molecule has 0 nitrogen and oxygen atoms in total. The minimum atomic E-state index is -0.267. The van der Waals surface area contributed by atoms with Crippen molar-refractivity contribution in [2.75, 3.05) is 0 Å². The predicted octanol–water partition coefficient (Wildman–Crippen LogP) is 8.71. The van der Waals surface area contributed by atoms with E-state index in [2.05, 4.69) is 45.9 Å². The number of hydrogen-bond donors (Lipinski definition) is 0. The second-order valence-corrected chi connectivity index (χ2v) is 9.15. The van der Waals surface area contributed by atoms with Gasteiger partial charge in [0.05, 0.1) is 4.87 Å². The number of halogens is 1.